The van der Waals surface area contributed by atoms with Crippen molar-refractivity contribution in [2.45, 2.75) is 134 Å². The van der Waals surface area contributed by atoms with Gasteiger partial charge in [0, 0.05) is 90.9 Å². The molecule has 0 spiro atoms. The van der Waals surface area contributed by atoms with Crippen molar-refractivity contribution in [3.63, 3.8) is 0 Å². The first-order valence-corrected chi connectivity index (χ1v) is 36.0. The van der Waals surface area contributed by atoms with Crippen LogP contribution in [0.5, 0.6) is 5.88 Å². The molecular formula is C66H84N14O21P2+2. The van der Waals surface area contributed by atoms with Crippen LogP contribution in [-0.2, 0) is 78.4 Å². The Morgan fingerprint density at radius 1 is 0.845 bits per heavy atom. The number of carbonyl (C=O) groups excluding carboxylic acids is 7. The summed E-state index contributed by atoms with van der Waals surface area (Å²) in [6.07, 6.45) is 0.724. The Morgan fingerprint density at radius 2 is 1.59 bits per heavy atom. The number of imidazole rings is 1. The van der Waals surface area contributed by atoms with Crippen molar-refractivity contribution in [2.75, 3.05) is 77.0 Å². The molecule has 10 N–H and O–H groups in total. The summed E-state index contributed by atoms with van der Waals surface area (Å²) < 4.78 is 84.9. The summed E-state index contributed by atoms with van der Waals surface area (Å²) in [5.41, 5.74) is 5.41. The number of nitrogens with zero attached hydrogens (tertiary/aromatic N) is 6. The summed E-state index contributed by atoms with van der Waals surface area (Å²) in [4.78, 5) is 126. The van der Waals surface area contributed by atoms with E-state index in [2.05, 4.69) is 68.7 Å². The number of anilines is 2. The second-order valence-corrected chi connectivity index (χ2v) is 27.3. The van der Waals surface area contributed by atoms with E-state index in [-0.39, 0.29) is 108 Å². The predicted molar refractivity (Wildman–Crippen MR) is 363 cm³/mol. The zero-order valence-corrected chi connectivity index (χ0v) is 58.6. The number of primary amides is 1. The molecule has 5 heterocycles. The number of ether oxygens (including phenoxy) is 6. The second-order valence-electron chi connectivity index (χ2n) is 25.5. The number of fused-ring (bicyclic) bond motifs is 5. The van der Waals surface area contributed by atoms with Crippen LogP contribution in [0.4, 0.5) is 26.0 Å². The van der Waals surface area contributed by atoms with Crippen LogP contribution in [-0.4, -0.2) is 190 Å². The molecule has 5 aliphatic rings. The van der Waals surface area contributed by atoms with Gasteiger partial charge in [-0.2, -0.15) is 4.98 Å². The van der Waals surface area contributed by atoms with E-state index in [9.17, 15) is 52.6 Å². The molecule has 2 saturated carbocycles. The van der Waals surface area contributed by atoms with Gasteiger partial charge in [0.25, 0.3) is 11.5 Å². The molecule has 3 aliphatic carbocycles. The average molecular weight is 1470 g/mol. The molecular weight excluding hydrogens is 1390 g/mol. The maximum absolute atomic E-state index is 14.0. The second kappa shape index (κ2) is 37.3. The van der Waals surface area contributed by atoms with Crippen molar-refractivity contribution in [3.8, 4) is 17.7 Å². The van der Waals surface area contributed by atoms with E-state index >= 15 is 0 Å². The number of hydrogen-bond acceptors (Lipinski definition) is 25. The van der Waals surface area contributed by atoms with Gasteiger partial charge >= 0.3 is 34.7 Å². The SMILES string of the molecule is CC(C)[C@H](NC(=O)CCOCCOCCNC(=O)OCC1[C@H]2CCC#CCC[C@@H]12)C(=O)N[C@@H](CCCNC(N)=O)C(=O)Nc1ccc(COC(=O)N(C)Cc2ccccc2C(=O)Nc2nc3c(ncn3[C@@H]3O[C@@H]4CO[P+](=O)O[C@H]5C[C@H](Oc6ccncn6)C[C@@H]5CO[P+](=O)O[C@@H]3[C@@H]4O)c(=O)[nH]2)cc1. The topological polar surface area (TPSA) is 457 Å². The van der Waals surface area contributed by atoms with Crippen LogP contribution in [0.2, 0.25) is 0 Å². The van der Waals surface area contributed by atoms with Gasteiger partial charge in [0.15, 0.2) is 23.5 Å². The monoisotopic (exact) mass is 1470 g/mol. The first-order chi connectivity index (χ1) is 49.7. The van der Waals surface area contributed by atoms with Gasteiger partial charge < -0.3 is 70.7 Å². The van der Waals surface area contributed by atoms with Gasteiger partial charge in [-0.15, -0.1) is 29.9 Å². The van der Waals surface area contributed by atoms with Crippen molar-refractivity contribution in [3.05, 3.63) is 100 Å². The Kier molecular flexibility index (Phi) is 27.7. The lowest BCUT2D eigenvalue weighted by Crippen LogP contribution is -2.54. The van der Waals surface area contributed by atoms with Gasteiger partial charge in [0.05, 0.1) is 39.4 Å². The quantitative estimate of drug-likeness (QED) is 0.0170. The predicted octanol–water partition coefficient (Wildman–Crippen LogP) is 4.78. The van der Waals surface area contributed by atoms with Gasteiger partial charge in [-0.25, -0.2) is 29.3 Å². The highest BCUT2D eigenvalue weighted by Gasteiger charge is 2.54. The number of nitrogens with two attached hydrogens (primary N) is 1. The number of aliphatic hydroxyl groups excluding tert-OH is 1. The van der Waals surface area contributed by atoms with Crippen LogP contribution in [0.15, 0.2) is 78.2 Å². The van der Waals surface area contributed by atoms with Crippen LogP contribution < -0.4 is 47.9 Å². The number of benzene rings is 2. The fourth-order valence-corrected chi connectivity index (χ4v) is 14.1. The average Bonchev–Trinajstić information content (AvgIpc) is 1.61. The summed E-state index contributed by atoms with van der Waals surface area (Å²) in [5.74, 6) is 4.60. The largest absolute Gasteiger partial charge is 0.697 e. The standard InChI is InChI=1S/C66H82N14O21P2/c1-38(2)53(75-51(81)21-25-92-27-28-93-26-24-70-65(88)94-34-47-45-13-6-4-5-7-14-46(45)47)60(85)74-48(15-10-22-69-63(67)87)59(84)73-42-18-16-39(17-19-42)32-95-66(89)79(3)31-40-11-8-9-12-44(40)58(83)77-64-76-57-54(61(86)78-64)72-37-80(57)62-56-55(82)50(99-62)35-97-102(90)100-49-30-43(98-52-20-23-68-36-71-52)29-41(49)33-96-103(91)101-56/h8-9,11-12,16-20,23,36-38,41,43,45-50,53,55-56,62,82H,6-7,10,13-15,21-22,24-35H2,1-3H3,(H7-2,67,69,70,73,74,75,76,77,78,81,83,84,85,86,87,88)/p+2/t41-,43-,45-,46+,47?,48+,49+,50-,53+,55-,56-,62-/m1/s1. The van der Waals surface area contributed by atoms with Crippen molar-refractivity contribution in [1.29, 1.82) is 0 Å². The van der Waals surface area contributed by atoms with Crippen LogP contribution in [0.25, 0.3) is 11.2 Å². The van der Waals surface area contributed by atoms with Gasteiger partial charge in [-0.05, 0) is 85.1 Å². The number of aliphatic hydroxyl groups is 1. The number of amides is 8. The molecule has 3 unspecified atom stereocenters. The zero-order valence-electron chi connectivity index (χ0n) is 56.8. The molecule has 3 aromatic heterocycles. The fraction of sp³-hybridized carbons (Fsp3) is 0.545. The molecule has 8 amide bonds. The number of aromatic amines is 1. The van der Waals surface area contributed by atoms with Crippen molar-refractivity contribution in [1.82, 2.24) is 55.7 Å². The lowest BCUT2D eigenvalue weighted by atomic mass is 10.0. The minimum Gasteiger partial charge on any atom is -0.474 e. The van der Waals surface area contributed by atoms with E-state index in [1.165, 1.54) is 41.4 Å². The molecule has 0 radical (unpaired) electrons. The summed E-state index contributed by atoms with van der Waals surface area (Å²) in [7, 11) is -4.29. The minimum atomic E-state index is -2.96. The highest BCUT2D eigenvalue weighted by atomic mass is 31.1. The number of aromatic nitrogens is 6. The third-order valence-corrected chi connectivity index (χ3v) is 19.5. The van der Waals surface area contributed by atoms with E-state index in [1.807, 2.05) is 0 Å². The summed E-state index contributed by atoms with van der Waals surface area (Å²) in [6, 6.07) is 11.3. The van der Waals surface area contributed by atoms with Crippen molar-refractivity contribution in [2.24, 2.45) is 35.3 Å². The van der Waals surface area contributed by atoms with Crippen LogP contribution >= 0.6 is 16.5 Å². The van der Waals surface area contributed by atoms with Crippen molar-refractivity contribution >= 4 is 81.2 Å². The van der Waals surface area contributed by atoms with E-state index < -0.39 is 131 Å². The van der Waals surface area contributed by atoms with E-state index in [4.69, 9.17) is 52.2 Å². The molecule has 552 valence electrons. The molecule has 4 fully saturated rings. The smallest absolute Gasteiger partial charge is 0.474 e. The number of carbonyl (C=O) groups is 7. The van der Waals surface area contributed by atoms with Crippen LogP contribution in [0, 0.1) is 41.4 Å². The lowest BCUT2D eigenvalue weighted by molar-refractivity contribution is -0.132. The molecule has 37 heteroatoms. The van der Waals surface area contributed by atoms with E-state index in [0.717, 1.165) is 25.7 Å². The number of alkyl carbamates (subject to hydrolysis) is 1. The van der Waals surface area contributed by atoms with Gasteiger partial charge in [0.2, 0.25) is 29.5 Å². The number of hydrogen-bond donors (Lipinski definition) is 9. The highest BCUT2D eigenvalue weighted by Crippen LogP contribution is 2.52. The van der Waals surface area contributed by atoms with Gasteiger partial charge in [-0.3, -0.25) is 38.8 Å². The number of nitrogens with one attached hydrogen (secondary N) is 7. The molecule has 5 aromatic rings. The van der Waals surface area contributed by atoms with E-state index in [0.29, 0.717) is 53.5 Å². The molecule has 35 nitrogen and oxygen atoms in total. The molecule has 10 rings (SSSR count). The Bertz CT molecular complexity index is 3920. The van der Waals surface area contributed by atoms with Gasteiger partial charge in [-0.1, -0.05) is 44.2 Å². The first kappa shape index (κ1) is 76.4. The summed E-state index contributed by atoms with van der Waals surface area (Å²) in [5, 5.41) is 27.5. The molecule has 2 aromatic carbocycles. The third-order valence-electron chi connectivity index (χ3n) is 17.9. The Hall–Kier alpha value is -9.20. The minimum absolute atomic E-state index is 0.0341. The Morgan fingerprint density at radius 3 is 2.34 bits per heavy atom. The zero-order chi connectivity index (χ0) is 72.9. The first-order valence-electron chi connectivity index (χ1n) is 33.8. The van der Waals surface area contributed by atoms with E-state index in [1.54, 1.807) is 62.4 Å². The Balaban J connectivity index is 0.666. The highest BCUT2D eigenvalue weighted by molar-refractivity contribution is 7.33. The molecule has 2 saturated heterocycles. The summed E-state index contributed by atoms with van der Waals surface area (Å²) >= 11 is 0. The third kappa shape index (κ3) is 21.9. The maximum Gasteiger partial charge on any atom is 0.697 e. The molecule has 2 bridgehead atoms. The molecule has 2 aliphatic heterocycles. The number of H-pyrrole nitrogens is 1. The van der Waals surface area contributed by atoms with Crippen LogP contribution in [0.3, 0.4) is 0 Å². The Labute approximate surface area is 593 Å². The fourth-order valence-electron chi connectivity index (χ4n) is 12.5. The summed E-state index contributed by atoms with van der Waals surface area (Å²) in [6.45, 7) is 3.89. The maximum atomic E-state index is 14.0. The molecule has 14 atom stereocenters. The molecule has 103 heavy (non-hydrogen) atoms. The number of rotatable bonds is 30. The van der Waals surface area contributed by atoms with Gasteiger partial charge in [0.1, 0.15) is 62.6 Å². The normalized spacial score (nSPS) is 23.5. The van der Waals surface area contributed by atoms with Crippen LogP contribution in [0.1, 0.15) is 99.3 Å². The lowest BCUT2D eigenvalue weighted by Gasteiger charge is -2.25. The number of urea groups is 1. The van der Waals surface area contributed by atoms with Crippen molar-refractivity contribution < 1.29 is 94.3 Å².